The van der Waals surface area contributed by atoms with E-state index in [2.05, 4.69) is 5.32 Å². The quantitative estimate of drug-likeness (QED) is 0.276. The molecule has 0 saturated carbocycles. The fraction of sp³-hybridized carbons (Fsp3) is 0.484. The van der Waals surface area contributed by atoms with Crippen molar-refractivity contribution in [2.24, 2.45) is 11.8 Å². The third-order valence-corrected chi connectivity index (χ3v) is 7.82. The number of carboxylic acids is 2. The van der Waals surface area contributed by atoms with E-state index in [-0.39, 0.29) is 24.7 Å². The van der Waals surface area contributed by atoms with Gasteiger partial charge in [-0.3, -0.25) is 19.2 Å². The first-order valence-corrected chi connectivity index (χ1v) is 14.3. The molecule has 12 heteroatoms. The van der Waals surface area contributed by atoms with Gasteiger partial charge in [-0.05, 0) is 46.5 Å². The summed E-state index contributed by atoms with van der Waals surface area (Å²) in [5.41, 5.74) is 4.64. The Labute approximate surface area is 250 Å². The number of hydrogen-bond acceptors (Lipinski definition) is 8. The van der Waals surface area contributed by atoms with Crippen LogP contribution in [0.4, 0.5) is 5.69 Å². The van der Waals surface area contributed by atoms with Crippen LogP contribution in [0.25, 0.3) is 0 Å². The number of aliphatic carboxylic acids is 2. The number of benzene rings is 2. The van der Waals surface area contributed by atoms with Crippen molar-refractivity contribution in [1.82, 2.24) is 9.80 Å². The number of amides is 2. The molecule has 3 N–H and O–H groups in total. The number of carbonyl (C=O) groups is 4. The highest BCUT2D eigenvalue weighted by Gasteiger charge is 2.29. The maximum Gasteiger partial charge on any atom is 0.306 e. The third-order valence-electron chi connectivity index (χ3n) is 7.82. The standard InChI is InChI=1S/C31H39N3O9/c1-18(30(37)38)8-28(35)33-14-20-10-24(32-3)25(11-21(20)15-33)42-6-5-7-43-27-13-23-17-34(16-22(23)12-26(27)41-4)29(36)9-19(2)31(39)40/h10-13,18-19,32H,5-9,14-17H2,1-4H3,(H,37,38)(H,39,40)/t18-,19-/m0/s1. The van der Waals surface area contributed by atoms with Gasteiger partial charge in [-0.25, -0.2) is 0 Å². The highest BCUT2D eigenvalue weighted by atomic mass is 16.5. The molecule has 232 valence electrons. The van der Waals surface area contributed by atoms with Crippen LogP contribution in [-0.2, 0) is 45.4 Å². The second-order valence-corrected chi connectivity index (χ2v) is 11.1. The van der Waals surface area contributed by atoms with Crippen LogP contribution in [0.2, 0.25) is 0 Å². The van der Waals surface area contributed by atoms with Crippen LogP contribution in [-0.4, -0.2) is 71.1 Å². The van der Waals surface area contributed by atoms with E-state index in [0.717, 1.165) is 27.9 Å². The molecule has 0 saturated heterocycles. The maximum absolute atomic E-state index is 12.6. The van der Waals surface area contributed by atoms with Gasteiger partial charge in [-0.2, -0.15) is 0 Å². The average molecular weight is 598 g/mol. The molecule has 0 spiro atoms. The van der Waals surface area contributed by atoms with Crippen LogP contribution >= 0.6 is 0 Å². The van der Waals surface area contributed by atoms with E-state index in [0.29, 0.717) is 63.1 Å². The van der Waals surface area contributed by atoms with E-state index in [4.69, 9.17) is 24.4 Å². The van der Waals surface area contributed by atoms with E-state index in [1.807, 2.05) is 24.3 Å². The Kier molecular flexibility index (Phi) is 9.99. The van der Waals surface area contributed by atoms with Crippen molar-refractivity contribution in [3.8, 4) is 17.2 Å². The lowest BCUT2D eigenvalue weighted by molar-refractivity contribution is -0.145. The van der Waals surface area contributed by atoms with Gasteiger partial charge in [0.2, 0.25) is 11.8 Å². The number of anilines is 1. The summed E-state index contributed by atoms with van der Waals surface area (Å²) in [7, 11) is 3.35. The molecule has 0 aromatic heterocycles. The van der Waals surface area contributed by atoms with Gasteiger partial charge in [0.25, 0.3) is 0 Å². The number of rotatable bonds is 14. The monoisotopic (exact) mass is 597 g/mol. The number of ether oxygens (including phenoxy) is 3. The van der Waals surface area contributed by atoms with E-state index in [1.54, 1.807) is 24.0 Å². The van der Waals surface area contributed by atoms with Crippen molar-refractivity contribution >= 4 is 29.4 Å². The number of nitrogens with zero attached hydrogens (tertiary/aromatic N) is 2. The highest BCUT2D eigenvalue weighted by Crippen LogP contribution is 2.36. The van der Waals surface area contributed by atoms with Gasteiger partial charge in [0.1, 0.15) is 5.75 Å². The normalized spacial score (nSPS) is 14.9. The number of hydrogen-bond donors (Lipinski definition) is 3. The van der Waals surface area contributed by atoms with Gasteiger partial charge in [0, 0.05) is 52.5 Å². The van der Waals surface area contributed by atoms with E-state index in [1.165, 1.54) is 13.8 Å². The minimum Gasteiger partial charge on any atom is -0.493 e. The number of fused-ring (bicyclic) bond motifs is 2. The molecule has 0 aliphatic carbocycles. The number of carboxylic acid groups (broad SMARTS) is 2. The number of methoxy groups -OCH3 is 1. The van der Waals surface area contributed by atoms with Gasteiger partial charge >= 0.3 is 11.9 Å². The van der Waals surface area contributed by atoms with Crippen molar-refractivity contribution in [3.05, 3.63) is 46.5 Å². The minimum atomic E-state index is -0.993. The second kappa shape index (κ2) is 13.7. The summed E-state index contributed by atoms with van der Waals surface area (Å²) < 4.78 is 17.6. The summed E-state index contributed by atoms with van der Waals surface area (Å²) in [6, 6.07) is 7.60. The lowest BCUT2D eigenvalue weighted by atomic mass is 10.1. The predicted molar refractivity (Wildman–Crippen MR) is 156 cm³/mol. The van der Waals surface area contributed by atoms with E-state index in [9.17, 15) is 19.2 Å². The molecule has 0 bridgehead atoms. The zero-order valence-electron chi connectivity index (χ0n) is 25.0. The SMILES string of the molecule is CNc1cc2c(cc1OCCCOc1cc3c(cc1OC)CN(C(=O)C[C@H](C)C(=O)O)C3)CN(C(=O)C[C@H](C)C(=O)O)C2. The molecular weight excluding hydrogens is 558 g/mol. The molecular formula is C31H39N3O9. The molecule has 4 rings (SSSR count). The second-order valence-electron chi connectivity index (χ2n) is 11.1. The lowest BCUT2D eigenvalue weighted by Crippen LogP contribution is -2.28. The van der Waals surface area contributed by atoms with E-state index >= 15 is 0 Å². The molecule has 2 aromatic rings. The summed E-state index contributed by atoms with van der Waals surface area (Å²) in [6.07, 6.45) is 0.491. The van der Waals surface area contributed by atoms with Crippen LogP contribution < -0.4 is 19.5 Å². The smallest absolute Gasteiger partial charge is 0.306 e. The van der Waals surface area contributed by atoms with Gasteiger partial charge in [-0.15, -0.1) is 0 Å². The first-order chi connectivity index (χ1) is 20.5. The molecule has 0 fully saturated rings. The summed E-state index contributed by atoms with van der Waals surface area (Å²) in [6.45, 7) is 5.41. The Morgan fingerprint density at radius 1 is 0.744 bits per heavy atom. The maximum atomic E-state index is 12.6. The number of carbonyl (C=O) groups excluding carboxylic acids is 2. The van der Waals surface area contributed by atoms with Crippen molar-refractivity contribution in [1.29, 1.82) is 0 Å². The Balaban J connectivity index is 1.30. The van der Waals surface area contributed by atoms with Crippen molar-refractivity contribution in [2.45, 2.75) is 59.3 Å². The highest BCUT2D eigenvalue weighted by molar-refractivity contribution is 5.83. The van der Waals surface area contributed by atoms with Crippen LogP contribution in [0.5, 0.6) is 17.2 Å². The topological polar surface area (TPSA) is 155 Å². The average Bonchev–Trinajstić information content (AvgIpc) is 3.59. The molecule has 2 aliphatic heterocycles. The summed E-state index contributed by atoms with van der Waals surface area (Å²) in [4.78, 5) is 50.8. The molecule has 2 atom stereocenters. The fourth-order valence-corrected chi connectivity index (χ4v) is 5.15. The third kappa shape index (κ3) is 7.49. The first-order valence-electron chi connectivity index (χ1n) is 14.3. The zero-order valence-corrected chi connectivity index (χ0v) is 25.0. The molecule has 0 radical (unpaired) electrons. The molecule has 2 heterocycles. The summed E-state index contributed by atoms with van der Waals surface area (Å²) >= 11 is 0. The number of nitrogens with one attached hydrogen (secondary N) is 1. The lowest BCUT2D eigenvalue weighted by Gasteiger charge is -2.16. The summed E-state index contributed by atoms with van der Waals surface area (Å²) in [5.74, 6) is -2.08. The fourth-order valence-electron chi connectivity index (χ4n) is 5.15. The Morgan fingerprint density at radius 3 is 1.60 bits per heavy atom. The van der Waals surface area contributed by atoms with Gasteiger partial charge in [0.15, 0.2) is 11.5 Å². The predicted octanol–water partition coefficient (Wildman–Crippen LogP) is 3.49. The van der Waals surface area contributed by atoms with Crippen LogP contribution in [0, 0.1) is 11.8 Å². The molecule has 43 heavy (non-hydrogen) atoms. The largest absolute Gasteiger partial charge is 0.493 e. The first kappa shape index (κ1) is 31.5. The van der Waals surface area contributed by atoms with Gasteiger partial charge in [-0.1, -0.05) is 13.8 Å². The van der Waals surface area contributed by atoms with Crippen LogP contribution in [0.15, 0.2) is 24.3 Å². The van der Waals surface area contributed by atoms with Crippen molar-refractivity contribution < 1.29 is 43.6 Å². The minimum absolute atomic E-state index is 0.0387. The molecule has 12 nitrogen and oxygen atoms in total. The molecule has 0 unspecified atom stereocenters. The summed E-state index contributed by atoms with van der Waals surface area (Å²) in [5, 5.41) is 21.4. The molecule has 2 amide bonds. The Bertz CT molecular complexity index is 1290. The molecule has 2 aromatic carbocycles. The zero-order chi connectivity index (χ0) is 31.3. The van der Waals surface area contributed by atoms with Crippen LogP contribution in [0.3, 0.4) is 0 Å². The van der Waals surface area contributed by atoms with Crippen molar-refractivity contribution in [3.63, 3.8) is 0 Å². The van der Waals surface area contributed by atoms with Gasteiger partial charge in [0.05, 0.1) is 37.8 Å². The molecule has 2 aliphatic rings. The van der Waals surface area contributed by atoms with Gasteiger partial charge < -0.3 is 39.5 Å². The van der Waals surface area contributed by atoms with E-state index < -0.39 is 23.8 Å². The Hall–Kier alpha value is -4.48. The van der Waals surface area contributed by atoms with Crippen LogP contribution in [0.1, 0.15) is 55.4 Å². The van der Waals surface area contributed by atoms with Crippen molar-refractivity contribution in [2.75, 3.05) is 32.7 Å². The Morgan fingerprint density at radius 2 is 1.16 bits per heavy atom.